The van der Waals surface area contributed by atoms with Crippen LogP contribution in [-0.4, -0.2) is 36.7 Å². The van der Waals surface area contributed by atoms with E-state index in [1.54, 1.807) is 6.20 Å². The predicted octanol–water partition coefficient (Wildman–Crippen LogP) is 1.80. The van der Waals surface area contributed by atoms with Gasteiger partial charge in [-0.3, -0.25) is 4.79 Å². The maximum absolute atomic E-state index is 11.9. The van der Waals surface area contributed by atoms with E-state index in [9.17, 15) is 4.79 Å². The zero-order valence-corrected chi connectivity index (χ0v) is 11.0. The van der Waals surface area contributed by atoms with Gasteiger partial charge in [0.15, 0.2) is 0 Å². The molecule has 0 aromatic carbocycles. The molecular weight excluding hydrogens is 242 g/mol. The zero-order valence-electron chi connectivity index (χ0n) is 11.0. The zero-order chi connectivity index (χ0) is 13.1. The van der Waals surface area contributed by atoms with Gasteiger partial charge in [-0.2, -0.15) is 0 Å². The second-order valence-corrected chi connectivity index (χ2v) is 5.09. The molecule has 2 aliphatic heterocycles. The molecule has 0 spiro atoms. The van der Waals surface area contributed by atoms with Gasteiger partial charge in [0.1, 0.15) is 11.9 Å². The number of amides is 1. The van der Waals surface area contributed by atoms with Gasteiger partial charge in [0.05, 0.1) is 11.9 Å². The number of hydrogen-bond acceptors (Lipinski definition) is 4. The highest BCUT2D eigenvalue weighted by molar-refractivity contribution is 5.94. The van der Waals surface area contributed by atoms with Gasteiger partial charge in [0, 0.05) is 19.7 Å². The molecule has 0 radical (unpaired) electrons. The van der Waals surface area contributed by atoms with Crippen LogP contribution in [0.4, 0.5) is 11.5 Å². The van der Waals surface area contributed by atoms with Crippen LogP contribution in [0.1, 0.15) is 25.7 Å². The number of pyridine rings is 1. The number of nitrogens with one attached hydrogen (secondary N) is 1. The molecule has 1 atom stereocenters. The first-order valence-corrected chi connectivity index (χ1v) is 6.96. The molecule has 0 bridgehead atoms. The third-order valence-electron chi connectivity index (χ3n) is 3.67. The van der Waals surface area contributed by atoms with Crippen molar-refractivity contribution in [2.24, 2.45) is 0 Å². The van der Waals surface area contributed by atoms with Gasteiger partial charge in [0.2, 0.25) is 0 Å². The summed E-state index contributed by atoms with van der Waals surface area (Å²) in [7, 11) is 0. The molecule has 19 heavy (non-hydrogen) atoms. The van der Waals surface area contributed by atoms with E-state index in [1.165, 1.54) is 12.8 Å². The van der Waals surface area contributed by atoms with E-state index in [-0.39, 0.29) is 12.0 Å². The van der Waals surface area contributed by atoms with E-state index in [0.717, 1.165) is 37.4 Å². The molecule has 2 fully saturated rings. The minimum atomic E-state index is -0.293. The van der Waals surface area contributed by atoms with Crippen molar-refractivity contribution < 1.29 is 9.53 Å². The fraction of sp³-hybridized carbons (Fsp3) is 0.571. The summed E-state index contributed by atoms with van der Waals surface area (Å²) in [6.45, 7) is 2.84. The Morgan fingerprint density at radius 1 is 1.32 bits per heavy atom. The summed E-state index contributed by atoms with van der Waals surface area (Å²) in [5.74, 6) is 0.931. The van der Waals surface area contributed by atoms with Crippen LogP contribution in [0.15, 0.2) is 18.3 Å². The predicted molar refractivity (Wildman–Crippen MR) is 73.3 cm³/mol. The summed E-state index contributed by atoms with van der Waals surface area (Å²) < 4.78 is 5.35. The number of hydrogen-bond donors (Lipinski definition) is 1. The highest BCUT2D eigenvalue weighted by Crippen LogP contribution is 2.20. The van der Waals surface area contributed by atoms with Crippen LogP contribution < -0.4 is 10.2 Å². The average Bonchev–Trinajstić information content (AvgIpc) is 3.13. The number of anilines is 2. The van der Waals surface area contributed by atoms with Crippen LogP contribution in [0, 0.1) is 0 Å². The van der Waals surface area contributed by atoms with Gasteiger partial charge in [-0.25, -0.2) is 4.98 Å². The minimum absolute atomic E-state index is 0.0618. The lowest BCUT2D eigenvalue weighted by molar-refractivity contribution is -0.124. The third kappa shape index (κ3) is 2.87. The summed E-state index contributed by atoms with van der Waals surface area (Å²) >= 11 is 0. The first-order valence-electron chi connectivity index (χ1n) is 6.96. The maximum Gasteiger partial charge on any atom is 0.253 e. The molecule has 1 amide bonds. The van der Waals surface area contributed by atoms with Gasteiger partial charge in [0.25, 0.3) is 5.91 Å². The lowest BCUT2D eigenvalue weighted by Gasteiger charge is -2.16. The average molecular weight is 261 g/mol. The van der Waals surface area contributed by atoms with Gasteiger partial charge in [-0.15, -0.1) is 0 Å². The monoisotopic (exact) mass is 261 g/mol. The van der Waals surface area contributed by atoms with Crippen LogP contribution in [0.5, 0.6) is 0 Å². The van der Waals surface area contributed by atoms with Crippen molar-refractivity contribution in [2.45, 2.75) is 31.8 Å². The van der Waals surface area contributed by atoms with Crippen molar-refractivity contribution in [2.75, 3.05) is 29.9 Å². The molecule has 0 unspecified atom stereocenters. The number of rotatable bonds is 3. The normalized spacial score (nSPS) is 22.7. The molecule has 3 heterocycles. The Kier molecular flexibility index (Phi) is 3.64. The molecule has 2 aliphatic rings. The fourth-order valence-electron chi connectivity index (χ4n) is 2.60. The number of ether oxygens (including phenoxy) is 1. The van der Waals surface area contributed by atoms with Crippen molar-refractivity contribution in [1.29, 1.82) is 0 Å². The van der Waals surface area contributed by atoms with E-state index < -0.39 is 0 Å². The summed E-state index contributed by atoms with van der Waals surface area (Å²) in [5.41, 5.74) is 0.739. The number of aromatic nitrogens is 1. The Balaban J connectivity index is 1.60. The molecule has 2 saturated heterocycles. The van der Waals surface area contributed by atoms with E-state index in [0.29, 0.717) is 6.61 Å². The van der Waals surface area contributed by atoms with Gasteiger partial charge in [-0.05, 0) is 37.8 Å². The van der Waals surface area contributed by atoms with Crippen LogP contribution in [-0.2, 0) is 9.53 Å². The molecule has 1 aromatic rings. The quantitative estimate of drug-likeness (QED) is 0.901. The molecule has 3 rings (SSSR count). The first-order chi connectivity index (χ1) is 9.33. The lowest BCUT2D eigenvalue weighted by Crippen LogP contribution is -2.27. The van der Waals surface area contributed by atoms with Crippen molar-refractivity contribution in [1.82, 2.24) is 4.98 Å². The molecule has 102 valence electrons. The summed E-state index contributed by atoms with van der Waals surface area (Å²) in [5, 5.41) is 2.86. The highest BCUT2D eigenvalue weighted by atomic mass is 16.5. The van der Waals surface area contributed by atoms with Crippen molar-refractivity contribution >= 4 is 17.4 Å². The maximum atomic E-state index is 11.9. The van der Waals surface area contributed by atoms with Crippen LogP contribution in [0.2, 0.25) is 0 Å². The molecular formula is C14H19N3O2. The van der Waals surface area contributed by atoms with Crippen molar-refractivity contribution in [3.63, 3.8) is 0 Å². The second-order valence-electron chi connectivity index (χ2n) is 5.09. The lowest BCUT2D eigenvalue weighted by atomic mass is 10.2. The number of carbonyl (C=O) groups is 1. The Labute approximate surface area is 113 Å². The number of carbonyl (C=O) groups excluding carboxylic acids is 1. The Morgan fingerprint density at radius 3 is 2.79 bits per heavy atom. The SMILES string of the molecule is O=C(Nc1ccc(N2CCCC2)nc1)[C@H]1CCCO1. The van der Waals surface area contributed by atoms with Crippen LogP contribution >= 0.6 is 0 Å². The molecule has 0 saturated carbocycles. The van der Waals surface area contributed by atoms with Gasteiger partial charge >= 0.3 is 0 Å². The molecule has 1 N–H and O–H groups in total. The molecule has 0 aliphatic carbocycles. The number of nitrogens with zero attached hydrogens (tertiary/aromatic N) is 2. The third-order valence-corrected chi connectivity index (χ3v) is 3.67. The van der Waals surface area contributed by atoms with Gasteiger partial charge < -0.3 is 15.0 Å². The molecule has 5 nitrogen and oxygen atoms in total. The Morgan fingerprint density at radius 2 is 2.16 bits per heavy atom. The fourth-order valence-corrected chi connectivity index (χ4v) is 2.60. The smallest absolute Gasteiger partial charge is 0.253 e. The second kappa shape index (κ2) is 5.57. The van der Waals surface area contributed by atoms with Crippen LogP contribution in [0.25, 0.3) is 0 Å². The topological polar surface area (TPSA) is 54.5 Å². The summed E-state index contributed by atoms with van der Waals surface area (Å²) in [6, 6.07) is 3.88. The highest BCUT2D eigenvalue weighted by Gasteiger charge is 2.23. The summed E-state index contributed by atoms with van der Waals surface area (Å²) in [6.07, 6.45) is 5.67. The van der Waals surface area contributed by atoms with E-state index in [1.807, 2.05) is 12.1 Å². The first kappa shape index (κ1) is 12.4. The van der Waals surface area contributed by atoms with Crippen molar-refractivity contribution in [3.05, 3.63) is 18.3 Å². The van der Waals surface area contributed by atoms with E-state index in [2.05, 4.69) is 15.2 Å². The Hall–Kier alpha value is -1.62. The minimum Gasteiger partial charge on any atom is -0.368 e. The van der Waals surface area contributed by atoms with E-state index >= 15 is 0 Å². The van der Waals surface area contributed by atoms with Crippen LogP contribution in [0.3, 0.4) is 0 Å². The summed E-state index contributed by atoms with van der Waals surface area (Å²) in [4.78, 5) is 18.6. The Bertz CT molecular complexity index is 435. The largest absolute Gasteiger partial charge is 0.368 e. The molecule has 5 heteroatoms. The van der Waals surface area contributed by atoms with E-state index in [4.69, 9.17) is 4.74 Å². The van der Waals surface area contributed by atoms with Gasteiger partial charge in [-0.1, -0.05) is 0 Å². The standard InChI is InChI=1S/C14H19N3O2/c18-14(12-4-3-9-19-12)16-11-5-6-13(15-10-11)17-7-1-2-8-17/h5-6,10,12H,1-4,7-9H2,(H,16,18)/t12-/m1/s1. The molecule has 1 aromatic heterocycles. The van der Waals surface area contributed by atoms with Crippen molar-refractivity contribution in [3.8, 4) is 0 Å².